The third kappa shape index (κ3) is 14.5. The van der Waals surface area contributed by atoms with Crippen LogP contribution in [0.15, 0.2) is 0 Å². The van der Waals surface area contributed by atoms with E-state index in [2.05, 4.69) is 88.4 Å². The second-order valence-electron chi connectivity index (χ2n) is 11.3. The first-order chi connectivity index (χ1) is 14.2. The summed E-state index contributed by atoms with van der Waals surface area (Å²) in [6.07, 6.45) is 3.15. The Kier molecular flexibility index (Phi) is 14.8. The van der Waals surface area contributed by atoms with Gasteiger partial charge < -0.3 is 24.3 Å². The molecule has 2 atom stereocenters. The second kappa shape index (κ2) is 14.8. The van der Waals surface area contributed by atoms with Gasteiger partial charge in [-0.1, -0.05) is 27.7 Å². The van der Waals surface area contributed by atoms with Crippen LogP contribution in [0, 0.1) is 10.8 Å². The van der Waals surface area contributed by atoms with Gasteiger partial charge in [0.25, 0.3) is 0 Å². The topological polar surface area (TPSA) is 49.0 Å². The lowest BCUT2D eigenvalue weighted by atomic mass is 9.65. The highest BCUT2D eigenvalue weighted by Crippen LogP contribution is 2.42. The second-order valence-corrected chi connectivity index (χ2v) is 11.3. The van der Waals surface area contributed by atoms with Crippen molar-refractivity contribution in [2.75, 3.05) is 26.3 Å². The Morgan fingerprint density at radius 2 is 1.06 bits per heavy atom. The first-order valence-corrected chi connectivity index (χ1v) is 12.4. The van der Waals surface area contributed by atoms with E-state index in [1.807, 2.05) is 0 Å². The van der Waals surface area contributed by atoms with Gasteiger partial charge in [-0.25, -0.2) is 0 Å². The van der Waals surface area contributed by atoms with Crippen LogP contribution >= 0.6 is 0 Å². The zero-order chi connectivity index (χ0) is 24.2. The lowest BCUT2D eigenvalue weighted by Crippen LogP contribution is -2.45. The van der Waals surface area contributed by atoms with Crippen LogP contribution in [0.3, 0.4) is 0 Å². The monoisotopic (exact) mass is 445 g/mol. The highest BCUT2D eigenvalue weighted by Gasteiger charge is 2.37. The lowest BCUT2D eigenvalue weighted by molar-refractivity contribution is -0.0697. The molecule has 0 heterocycles. The fourth-order valence-electron chi connectivity index (χ4n) is 3.35. The molecule has 0 saturated carbocycles. The van der Waals surface area contributed by atoms with Crippen LogP contribution < -0.4 is 5.32 Å². The summed E-state index contributed by atoms with van der Waals surface area (Å²) in [6.45, 7) is 29.1. The molecule has 0 aliphatic heterocycles. The Bertz CT molecular complexity index is 447. The van der Waals surface area contributed by atoms with E-state index < -0.39 is 0 Å². The Labute approximate surface area is 194 Å². The molecule has 0 fully saturated rings. The van der Waals surface area contributed by atoms with Gasteiger partial charge in [0.05, 0.1) is 49.8 Å². The highest BCUT2D eigenvalue weighted by molar-refractivity contribution is 4.89. The molecule has 31 heavy (non-hydrogen) atoms. The Morgan fingerprint density at radius 3 is 1.52 bits per heavy atom. The molecule has 0 aromatic rings. The van der Waals surface area contributed by atoms with Gasteiger partial charge in [-0.05, 0) is 79.1 Å². The molecule has 0 spiro atoms. The van der Waals surface area contributed by atoms with Crippen molar-refractivity contribution in [3.05, 3.63) is 0 Å². The van der Waals surface area contributed by atoms with Gasteiger partial charge in [0.15, 0.2) is 0 Å². The van der Waals surface area contributed by atoms with E-state index in [1.165, 1.54) is 0 Å². The first-order valence-electron chi connectivity index (χ1n) is 12.4. The maximum atomic E-state index is 6.13. The molecule has 0 aromatic heterocycles. The van der Waals surface area contributed by atoms with Crippen LogP contribution in [-0.4, -0.2) is 62.9 Å². The number of nitrogens with one attached hydrogen (secondary N) is 1. The smallest absolute Gasteiger partial charge is 0.0936 e. The van der Waals surface area contributed by atoms with Crippen molar-refractivity contribution in [3.8, 4) is 0 Å². The van der Waals surface area contributed by atoms with Gasteiger partial charge in [0, 0.05) is 13.1 Å². The molecule has 2 unspecified atom stereocenters. The molecular formula is C26H55NO4. The minimum atomic E-state index is 0.0679. The number of rotatable bonds is 18. The summed E-state index contributed by atoms with van der Waals surface area (Å²) in [6, 6.07) is 0. The predicted molar refractivity (Wildman–Crippen MR) is 132 cm³/mol. The Morgan fingerprint density at radius 1 is 0.613 bits per heavy atom. The fraction of sp³-hybridized carbons (Fsp3) is 1.00. The summed E-state index contributed by atoms with van der Waals surface area (Å²) in [4.78, 5) is 0. The van der Waals surface area contributed by atoms with E-state index in [4.69, 9.17) is 18.9 Å². The minimum absolute atomic E-state index is 0.0679. The summed E-state index contributed by atoms with van der Waals surface area (Å²) < 4.78 is 23.8. The van der Waals surface area contributed by atoms with Crippen molar-refractivity contribution in [1.82, 2.24) is 5.32 Å². The van der Waals surface area contributed by atoms with Crippen LogP contribution in [-0.2, 0) is 18.9 Å². The SMILES string of the molecule is CC(C)OCC(CCC(C)(C)C(C)(C)CNCC(COC(C)C)OC(C)C)OC(C)C. The van der Waals surface area contributed by atoms with Crippen molar-refractivity contribution in [3.63, 3.8) is 0 Å². The molecule has 0 rings (SSSR count). The summed E-state index contributed by atoms with van der Waals surface area (Å²) in [5.74, 6) is 0. The van der Waals surface area contributed by atoms with Crippen LogP contribution in [0.2, 0.25) is 0 Å². The maximum absolute atomic E-state index is 6.13. The predicted octanol–water partition coefficient (Wildman–Crippen LogP) is 5.85. The maximum Gasteiger partial charge on any atom is 0.0936 e. The summed E-state index contributed by atoms with van der Waals surface area (Å²) in [7, 11) is 0. The van der Waals surface area contributed by atoms with Crippen molar-refractivity contribution in [2.45, 2.75) is 133 Å². The molecule has 0 radical (unpaired) electrons. The lowest BCUT2D eigenvalue weighted by Gasteiger charge is -2.43. The van der Waals surface area contributed by atoms with Gasteiger partial charge in [-0.2, -0.15) is 0 Å². The zero-order valence-electron chi connectivity index (χ0n) is 22.8. The normalized spacial score (nSPS) is 15.5. The quantitative estimate of drug-likeness (QED) is 0.287. The van der Waals surface area contributed by atoms with E-state index in [0.717, 1.165) is 25.9 Å². The van der Waals surface area contributed by atoms with E-state index in [9.17, 15) is 0 Å². The Hall–Kier alpha value is -0.200. The number of ether oxygens (including phenoxy) is 4. The highest BCUT2D eigenvalue weighted by atomic mass is 16.5. The standard InChI is InChI=1S/C26H55NO4/c1-19(2)28-16-23(30-21(5)6)13-14-25(9,10)26(11,12)18-27-15-24(31-22(7)8)17-29-20(3)4/h19-24,27H,13-18H2,1-12H3. The van der Waals surface area contributed by atoms with E-state index >= 15 is 0 Å². The molecule has 0 amide bonds. The van der Waals surface area contributed by atoms with Crippen LogP contribution in [0.5, 0.6) is 0 Å². The number of hydrogen-bond acceptors (Lipinski definition) is 5. The third-order valence-corrected chi connectivity index (χ3v) is 6.02. The molecule has 0 aliphatic rings. The van der Waals surface area contributed by atoms with Crippen LogP contribution in [0.4, 0.5) is 0 Å². The average Bonchev–Trinajstić information content (AvgIpc) is 2.60. The van der Waals surface area contributed by atoms with Gasteiger partial charge in [0.1, 0.15) is 0 Å². The number of hydrogen-bond donors (Lipinski definition) is 1. The first kappa shape index (κ1) is 30.8. The average molecular weight is 446 g/mol. The molecule has 0 aromatic carbocycles. The van der Waals surface area contributed by atoms with E-state index in [-0.39, 0.29) is 47.5 Å². The zero-order valence-corrected chi connectivity index (χ0v) is 22.8. The van der Waals surface area contributed by atoms with Crippen molar-refractivity contribution >= 4 is 0 Å². The van der Waals surface area contributed by atoms with Crippen molar-refractivity contribution < 1.29 is 18.9 Å². The summed E-state index contributed by atoms with van der Waals surface area (Å²) >= 11 is 0. The molecule has 5 nitrogen and oxygen atoms in total. The fourth-order valence-corrected chi connectivity index (χ4v) is 3.35. The minimum Gasteiger partial charge on any atom is -0.376 e. The van der Waals surface area contributed by atoms with Crippen molar-refractivity contribution in [2.24, 2.45) is 10.8 Å². The molecule has 188 valence electrons. The summed E-state index contributed by atoms with van der Waals surface area (Å²) in [5, 5.41) is 3.66. The molecule has 0 bridgehead atoms. The van der Waals surface area contributed by atoms with Gasteiger partial charge >= 0.3 is 0 Å². The largest absolute Gasteiger partial charge is 0.376 e. The van der Waals surface area contributed by atoms with Gasteiger partial charge in [-0.3, -0.25) is 0 Å². The molecular weight excluding hydrogens is 390 g/mol. The van der Waals surface area contributed by atoms with Crippen LogP contribution in [0.1, 0.15) is 95.9 Å². The van der Waals surface area contributed by atoms with Crippen molar-refractivity contribution in [1.29, 1.82) is 0 Å². The molecule has 5 heteroatoms. The Balaban J connectivity index is 4.77. The van der Waals surface area contributed by atoms with Crippen LogP contribution in [0.25, 0.3) is 0 Å². The summed E-state index contributed by atoms with van der Waals surface area (Å²) in [5.41, 5.74) is 0.273. The van der Waals surface area contributed by atoms with E-state index in [1.54, 1.807) is 0 Å². The molecule has 1 N–H and O–H groups in total. The van der Waals surface area contributed by atoms with E-state index in [0.29, 0.717) is 13.2 Å². The molecule has 0 aliphatic carbocycles. The third-order valence-electron chi connectivity index (χ3n) is 6.02. The van der Waals surface area contributed by atoms with Gasteiger partial charge in [-0.15, -0.1) is 0 Å². The van der Waals surface area contributed by atoms with Gasteiger partial charge in [0.2, 0.25) is 0 Å². The molecule has 0 saturated heterocycles.